The summed E-state index contributed by atoms with van der Waals surface area (Å²) in [6, 6.07) is 66.5. The van der Waals surface area contributed by atoms with Crippen molar-refractivity contribution in [1.82, 2.24) is 9.13 Å². The minimum Gasteiger partial charge on any atom is -0.309 e. The van der Waals surface area contributed by atoms with Gasteiger partial charge in [0.05, 0.1) is 27.8 Å². The number of hydrogen-bond acceptors (Lipinski definition) is 1. The molecule has 3 heteroatoms. The van der Waals surface area contributed by atoms with Crippen LogP contribution in [0.25, 0.3) is 97.4 Å². The molecule has 238 valence electrons. The van der Waals surface area contributed by atoms with Crippen molar-refractivity contribution in [2.45, 2.75) is 0 Å². The van der Waals surface area contributed by atoms with Crippen molar-refractivity contribution in [1.29, 1.82) is 0 Å². The van der Waals surface area contributed by atoms with Crippen LogP contribution in [0.1, 0.15) is 0 Å². The van der Waals surface area contributed by atoms with Gasteiger partial charge < -0.3 is 9.13 Å². The number of benzene rings is 8. The number of thiophene rings is 1. The summed E-state index contributed by atoms with van der Waals surface area (Å²) in [5, 5.41) is 7.75. The van der Waals surface area contributed by atoms with E-state index in [1.807, 2.05) is 11.3 Å². The molecular formula is C48H30N2S. The highest BCUT2D eigenvalue weighted by Crippen LogP contribution is 2.44. The summed E-state index contributed by atoms with van der Waals surface area (Å²) >= 11 is 1.88. The molecule has 3 heterocycles. The lowest BCUT2D eigenvalue weighted by atomic mass is 10.0. The predicted octanol–water partition coefficient (Wildman–Crippen LogP) is 13.6. The van der Waals surface area contributed by atoms with Crippen molar-refractivity contribution in [2.75, 3.05) is 0 Å². The van der Waals surface area contributed by atoms with Crippen molar-refractivity contribution in [3.63, 3.8) is 0 Å². The Labute approximate surface area is 298 Å². The van der Waals surface area contributed by atoms with E-state index in [-0.39, 0.29) is 0 Å². The van der Waals surface area contributed by atoms with Crippen LogP contribution in [-0.4, -0.2) is 9.13 Å². The molecule has 0 bridgehead atoms. The molecule has 0 radical (unpaired) electrons. The quantitative estimate of drug-likeness (QED) is 0.177. The largest absolute Gasteiger partial charge is 0.309 e. The number of para-hydroxylation sites is 3. The van der Waals surface area contributed by atoms with Gasteiger partial charge in [-0.25, -0.2) is 0 Å². The van der Waals surface area contributed by atoms with Crippen molar-refractivity contribution in [2.24, 2.45) is 0 Å². The van der Waals surface area contributed by atoms with Crippen LogP contribution in [0.2, 0.25) is 0 Å². The molecule has 11 aromatic rings. The van der Waals surface area contributed by atoms with E-state index in [0.717, 1.165) is 5.69 Å². The smallest absolute Gasteiger partial charge is 0.0549 e. The van der Waals surface area contributed by atoms with Crippen LogP contribution in [0.5, 0.6) is 0 Å². The van der Waals surface area contributed by atoms with E-state index in [1.54, 1.807) is 0 Å². The maximum absolute atomic E-state index is 2.46. The number of aromatic nitrogens is 2. The monoisotopic (exact) mass is 666 g/mol. The maximum Gasteiger partial charge on any atom is 0.0549 e. The minimum absolute atomic E-state index is 1.16. The molecule has 0 saturated carbocycles. The summed E-state index contributed by atoms with van der Waals surface area (Å²) in [7, 11) is 0. The van der Waals surface area contributed by atoms with E-state index in [1.165, 1.54) is 91.7 Å². The molecule has 2 nitrogen and oxygen atoms in total. The SMILES string of the molecule is c1ccc(-c2ccccc2-n2c3ccccc3c3c4c5ccccc5n(-c5ccc(-c6cccc7c6sc6ccccc67)cc5)c4ccc32)cc1. The van der Waals surface area contributed by atoms with Gasteiger partial charge in [0.15, 0.2) is 0 Å². The molecule has 0 atom stereocenters. The van der Waals surface area contributed by atoms with Crippen LogP contribution in [0.4, 0.5) is 0 Å². The summed E-state index contributed by atoms with van der Waals surface area (Å²) in [4.78, 5) is 0. The lowest BCUT2D eigenvalue weighted by molar-refractivity contribution is 1.17. The van der Waals surface area contributed by atoms with Gasteiger partial charge in [-0.3, -0.25) is 0 Å². The molecule has 11 rings (SSSR count). The molecule has 0 spiro atoms. The first-order valence-electron chi connectivity index (χ1n) is 17.4. The van der Waals surface area contributed by atoms with E-state index >= 15 is 0 Å². The molecular weight excluding hydrogens is 637 g/mol. The third-order valence-electron chi connectivity index (χ3n) is 10.5. The van der Waals surface area contributed by atoms with Gasteiger partial charge >= 0.3 is 0 Å². The van der Waals surface area contributed by atoms with Crippen LogP contribution < -0.4 is 0 Å². The van der Waals surface area contributed by atoms with Gasteiger partial charge in [0, 0.05) is 53.0 Å². The van der Waals surface area contributed by atoms with Crippen molar-refractivity contribution in [3.05, 3.63) is 182 Å². The number of nitrogens with zero attached hydrogens (tertiary/aromatic N) is 2. The average molecular weight is 667 g/mol. The van der Waals surface area contributed by atoms with E-state index in [2.05, 4.69) is 191 Å². The van der Waals surface area contributed by atoms with Crippen LogP contribution in [0, 0.1) is 0 Å². The molecule has 0 aliphatic carbocycles. The Morgan fingerprint density at radius 1 is 0.333 bits per heavy atom. The normalized spacial score (nSPS) is 11.9. The van der Waals surface area contributed by atoms with Crippen LogP contribution in [0.3, 0.4) is 0 Å². The first kappa shape index (κ1) is 28.4. The highest BCUT2D eigenvalue weighted by molar-refractivity contribution is 7.26. The second kappa shape index (κ2) is 11.0. The lowest BCUT2D eigenvalue weighted by Gasteiger charge is -2.14. The van der Waals surface area contributed by atoms with Crippen molar-refractivity contribution < 1.29 is 0 Å². The molecule has 0 saturated heterocycles. The van der Waals surface area contributed by atoms with Gasteiger partial charge in [-0.1, -0.05) is 133 Å². The Morgan fingerprint density at radius 3 is 1.65 bits per heavy atom. The van der Waals surface area contributed by atoms with Gasteiger partial charge in [0.1, 0.15) is 0 Å². The fraction of sp³-hybridized carbons (Fsp3) is 0. The zero-order valence-electron chi connectivity index (χ0n) is 27.6. The zero-order valence-corrected chi connectivity index (χ0v) is 28.4. The maximum atomic E-state index is 2.46. The Bertz CT molecular complexity index is 3120. The summed E-state index contributed by atoms with van der Waals surface area (Å²) < 4.78 is 7.58. The fourth-order valence-corrected chi connectivity index (χ4v) is 9.59. The van der Waals surface area contributed by atoms with E-state index in [9.17, 15) is 0 Å². The van der Waals surface area contributed by atoms with Crippen LogP contribution >= 0.6 is 11.3 Å². The Kier molecular flexibility index (Phi) is 6.16. The van der Waals surface area contributed by atoms with E-state index < -0.39 is 0 Å². The van der Waals surface area contributed by atoms with Gasteiger partial charge in [0.25, 0.3) is 0 Å². The topological polar surface area (TPSA) is 9.86 Å². The standard InChI is InChI=1S/C48H30N2S/c1-2-13-31(14-3-1)34-15-4-8-21-40(34)50-42-23-10-6-18-39(42)47-44(50)30-29-43-46(47)38-17-5-9-22-41(38)49(43)33-27-25-32(26-28-33)35-19-12-20-37-36-16-7-11-24-45(36)51-48(35)37/h1-30H. The second-order valence-electron chi connectivity index (χ2n) is 13.3. The fourth-order valence-electron chi connectivity index (χ4n) is 8.35. The lowest BCUT2D eigenvalue weighted by Crippen LogP contribution is -1.97. The zero-order chi connectivity index (χ0) is 33.5. The Balaban J connectivity index is 1.14. The van der Waals surface area contributed by atoms with Crippen LogP contribution in [0.15, 0.2) is 182 Å². The third kappa shape index (κ3) is 4.16. The average Bonchev–Trinajstić information content (AvgIpc) is 3.86. The molecule has 3 aromatic heterocycles. The van der Waals surface area contributed by atoms with E-state index in [0.29, 0.717) is 0 Å². The number of hydrogen-bond donors (Lipinski definition) is 0. The molecule has 8 aromatic carbocycles. The Morgan fingerprint density at radius 2 is 0.882 bits per heavy atom. The van der Waals surface area contributed by atoms with Gasteiger partial charge in [-0.2, -0.15) is 0 Å². The van der Waals surface area contributed by atoms with Crippen molar-refractivity contribution in [3.8, 4) is 33.6 Å². The summed E-state index contributed by atoms with van der Waals surface area (Å²) in [5.41, 5.74) is 12.1. The first-order valence-corrected chi connectivity index (χ1v) is 18.3. The van der Waals surface area contributed by atoms with Gasteiger partial charge in [0.2, 0.25) is 0 Å². The molecule has 0 fully saturated rings. The second-order valence-corrected chi connectivity index (χ2v) is 14.3. The molecule has 0 N–H and O–H groups in total. The van der Waals surface area contributed by atoms with Crippen LogP contribution in [-0.2, 0) is 0 Å². The molecule has 0 unspecified atom stereocenters. The van der Waals surface area contributed by atoms with Crippen molar-refractivity contribution >= 4 is 75.1 Å². The number of fused-ring (bicyclic) bond motifs is 10. The molecule has 0 amide bonds. The van der Waals surface area contributed by atoms with E-state index in [4.69, 9.17) is 0 Å². The highest BCUT2D eigenvalue weighted by atomic mass is 32.1. The summed E-state index contributed by atoms with van der Waals surface area (Å²) in [6.07, 6.45) is 0. The highest BCUT2D eigenvalue weighted by Gasteiger charge is 2.21. The Hall–Kier alpha value is -6.42. The summed E-state index contributed by atoms with van der Waals surface area (Å²) in [5.74, 6) is 0. The summed E-state index contributed by atoms with van der Waals surface area (Å²) in [6.45, 7) is 0. The molecule has 0 aliphatic heterocycles. The minimum atomic E-state index is 1.16. The van der Waals surface area contributed by atoms with Gasteiger partial charge in [-0.05, 0) is 65.2 Å². The third-order valence-corrected chi connectivity index (χ3v) is 11.8. The molecule has 51 heavy (non-hydrogen) atoms. The van der Waals surface area contributed by atoms with Gasteiger partial charge in [-0.15, -0.1) is 11.3 Å². The predicted molar refractivity (Wildman–Crippen MR) is 219 cm³/mol. The number of rotatable bonds is 4. The molecule has 0 aliphatic rings. The first-order chi connectivity index (χ1) is 25.3.